The monoisotopic (exact) mass is 794 g/mol. The zero-order valence-corrected chi connectivity index (χ0v) is 30.4. The summed E-state index contributed by atoms with van der Waals surface area (Å²) in [7, 11) is 0. The van der Waals surface area contributed by atoms with Crippen molar-refractivity contribution in [2.45, 2.75) is 6.18 Å². The summed E-state index contributed by atoms with van der Waals surface area (Å²) >= 11 is 0. The molecule has 8 aromatic carbocycles. The molecule has 0 saturated heterocycles. The molecule has 0 aliphatic heterocycles. The van der Waals surface area contributed by atoms with E-state index in [-0.39, 0.29) is 0 Å². The predicted octanol–water partition coefficient (Wildman–Crippen LogP) is 14.6. The van der Waals surface area contributed by atoms with Crippen LogP contribution in [0, 0.1) is 29.1 Å². The molecule has 2 nitrogen and oxygen atoms in total. The second-order valence-electron chi connectivity index (χ2n) is 14.2. The van der Waals surface area contributed by atoms with E-state index in [4.69, 9.17) is 0 Å². The highest BCUT2D eigenvalue weighted by atomic mass is 19.4. The molecule has 0 spiro atoms. The summed E-state index contributed by atoms with van der Waals surface area (Å²) in [5, 5.41) is 2.31. The zero-order chi connectivity index (χ0) is 40.7. The average molecular weight is 795 g/mol. The maximum Gasteiger partial charge on any atom is 0.418 e. The molecule has 288 valence electrons. The molecule has 0 N–H and O–H groups in total. The number of para-hydroxylation sites is 2. The maximum atomic E-state index is 16.2. The van der Waals surface area contributed by atoms with E-state index in [1.807, 2.05) is 72.8 Å². The highest BCUT2D eigenvalue weighted by Gasteiger charge is 2.38. The largest absolute Gasteiger partial charge is 0.418 e. The average Bonchev–Trinajstić information content (AvgIpc) is 3.77. The summed E-state index contributed by atoms with van der Waals surface area (Å²) in [4.78, 5) is 0. The lowest BCUT2D eigenvalue weighted by atomic mass is 9.96. The van der Waals surface area contributed by atoms with E-state index in [1.54, 1.807) is 72.8 Å². The molecular formula is C49H26F8N2. The SMILES string of the molecule is Fc1c(F)c(F)c(-c2cc(-n3c4ccccc4c4ccc(-c5ccccc5)cc43)c(C(F)(F)F)cc2-n2c3ccccc3c3ccc(-c4ccccc4)cc32)c(F)c1F. The lowest BCUT2D eigenvalue weighted by molar-refractivity contribution is -0.137. The van der Waals surface area contributed by atoms with Crippen LogP contribution in [0.15, 0.2) is 158 Å². The van der Waals surface area contributed by atoms with Crippen molar-refractivity contribution in [3.05, 3.63) is 192 Å². The number of aromatic nitrogens is 2. The van der Waals surface area contributed by atoms with Crippen molar-refractivity contribution in [1.82, 2.24) is 9.13 Å². The summed E-state index contributed by atoms with van der Waals surface area (Å²) in [5.74, 6) is -11.2. The third-order valence-corrected chi connectivity index (χ3v) is 10.9. The highest BCUT2D eigenvalue weighted by molar-refractivity contribution is 6.12. The number of fused-ring (bicyclic) bond motifs is 6. The first-order valence-electron chi connectivity index (χ1n) is 18.5. The Labute approximate surface area is 330 Å². The lowest BCUT2D eigenvalue weighted by Gasteiger charge is -2.23. The second kappa shape index (κ2) is 13.4. The molecular weight excluding hydrogens is 769 g/mol. The van der Waals surface area contributed by atoms with Gasteiger partial charge in [-0.15, -0.1) is 0 Å². The van der Waals surface area contributed by atoms with Crippen molar-refractivity contribution in [3.8, 4) is 44.8 Å². The van der Waals surface area contributed by atoms with Gasteiger partial charge in [0.25, 0.3) is 0 Å². The number of rotatable bonds is 5. The van der Waals surface area contributed by atoms with Gasteiger partial charge in [0.05, 0.1) is 44.6 Å². The summed E-state index contributed by atoms with van der Waals surface area (Å²) in [6.45, 7) is 0. The van der Waals surface area contributed by atoms with Gasteiger partial charge >= 0.3 is 6.18 Å². The van der Waals surface area contributed by atoms with Crippen molar-refractivity contribution in [1.29, 1.82) is 0 Å². The molecule has 10 aromatic rings. The van der Waals surface area contributed by atoms with Crippen LogP contribution in [0.25, 0.3) is 88.4 Å². The van der Waals surface area contributed by atoms with E-state index in [0.717, 1.165) is 23.3 Å². The smallest absolute Gasteiger partial charge is 0.309 e. The van der Waals surface area contributed by atoms with E-state index < -0.39 is 63.3 Å². The Morgan fingerprint density at radius 1 is 0.339 bits per heavy atom. The van der Waals surface area contributed by atoms with Gasteiger partial charge in [-0.1, -0.05) is 121 Å². The van der Waals surface area contributed by atoms with Gasteiger partial charge in [-0.3, -0.25) is 0 Å². The quantitative estimate of drug-likeness (QED) is 0.0933. The minimum Gasteiger partial charge on any atom is -0.309 e. The molecule has 0 fully saturated rings. The molecule has 10 heteroatoms. The van der Waals surface area contributed by atoms with Crippen molar-refractivity contribution >= 4 is 43.6 Å². The Morgan fingerprint density at radius 3 is 1.22 bits per heavy atom. The molecule has 0 unspecified atom stereocenters. The summed E-state index contributed by atoms with van der Waals surface area (Å²) in [6, 6.07) is 44.2. The number of alkyl halides is 3. The molecule has 2 aromatic heterocycles. The van der Waals surface area contributed by atoms with E-state index in [2.05, 4.69) is 0 Å². The molecule has 0 saturated carbocycles. The van der Waals surface area contributed by atoms with Crippen molar-refractivity contribution < 1.29 is 35.1 Å². The van der Waals surface area contributed by atoms with Crippen LogP contribution in [-0.2, 0) is 6.18 Å². The number of halogens is 8. The van der Waals surface area contributed by atoms with Crippen molar-refractivity contribution in [2.75, 3.05) is 0 Å². The molecule has 0 bridgehead atoms. The Kier molecular flexibility index (Phi) is 8.24. The van der Waals surface area contributed by atoms with Crippen LogP contribution in [-0.4, -0.2) is 9.13 Å². The topological polar surface area (TPSA) is 9.86 Å². The normalized spacial score (nSPS) is 12.1. The fourth-order valence-electron chi connectivity index (χ4n) is 8.30. The number of nitrogens with zero attached hydrogens (tertiary/aromatic N) is 2. The Bertz CT molecular complexity index is 3280. The van der Waals surface area contributed by atoms with Gasteiger partial charge in [-0.2, -0.15) is 13.2 Å². The fraction of sp³-hybridized carbons (Fsp3) is 0.0204. The van der Waals surface area contributed by atoms with Crippen molar-refractivity contribution in [2.24, 2.45) is 0 Å². The summed E-state index contributed by atoms with van der Waals surface area (Å²) < 4.78 is 128. The minimum atomic E-state index is -5.10. The lowest BCUT2D eigenvalue weighted by Crippen LogP contribution is -2.14. The summed E-state index contributed by atoms with van der Waals surface area (Å²) in [5.41, 5.74) is -0.0605. The fourth-order valence-corrected chi connectivity index (χ4v) is 8.30. The Morgan fingerprint density at radius 2 is 0.746 bits per heavy atom. The predicted molar refractivity (Wildman–Crippen MR) is 216 cm³/mol. The van der Waals surface area contributed by atoms with Crippen LogP contribution in [0.1, 0.15) is 5.56 Å². The van der Waals surface area contributed by atoms with Crippen LogP contribution < -0.4 is 0 Å². The zero-order valence-electron chi connectivity index (χ0n) is 30.4. The van der Waals surface area contributed by atoms with Gasteiger partial charge in [0.2, 0.25) is 5.82 Å². The molecule has 0 aliphatic carbocycles. The molecule has 10 rings (SSSR count). The summed E-state index contributed by atoms with van der Waals surface area (Å²) in [6.07, 6.45) is -5.10. The molecule has 0 amide bonds. The van der Waals surface area contributed by atoms with E-state index in [1.165, 1.54) is 9.13 Å². The number of hydrogen-bond acceptors (Lipinski definition) is 0. The third kappa shape index (κ3) is 5.61. The van der Waals surface area contributed by atoms with Gasteiger partial charge < -0.3 is 9.13 Å². The first kappa shape index (κ1) is 36.2. The third-order valence-electron chi connectivity index (χ3n) is 10.9. The van der Waals surface area contributed by atoms with Crippen LogP contribution in [0.3, 0.4) is 0 Å². The van der Waals surface area contributed by atoms with Crippen molar-refractivity contribution in [3.63, 3.8) is 0 Å². The Balaban J connectivity index is 1.39. The van der Waals surface area contributed by atoms with Gasteiger partial charge in [0, 0.05) is 27.1 Å². The van der Waals surface area contributed by atoms with Gasteiger partial charge in [-0.25, -0.2) is 22.0 Å². The second-order valence-corrected chi connectivity index (χ2v) is 14.2. The van der Waals surface area contributed by atoms with E-state index in [9.17, 15) is 4.39 Å². The van der Waals surface area contributed by atoms with E-state index >= 15 is 30.7 Å². The van der Waals surface area contributed by atoms with Gasteiger partial charge in [0.1, 0.15) is 0 Å². The molecule has 59 heavy (non-hydrogen) atoms. The van der Waals surface area contributed by atoms with Gasteiger partial charge in [0.15, 0.2) is 23.3 Å². The molecule has 0 atom stereocenters. The molecule has 0 aliphatic rings. The van der Waals surface area contributed by atoms with Crippen LogP contribution in [0.5, 0.6) is 0 Å². The Hall–Kier alpha value is -7.20. The standard InChI is InChI=1S/C49H26F8N2/c50-44-43(45(51)47(53)48(54)46(44)52)35-25-42(59-38-18-10-8-16-32(38)34-22-20-30(24-40(34)59)28-13-5-2-6-14-28)36(49(55,56)57)26-41(35)58-37-17-9-7-15-31(37)33-21-19-29(23-39(33)58)27-11-3-1-4-12-27/h1-26H. The highest BCUT2D eigenvalue weighted by Crippen LogP contribution is 2.47. The molecule has 2 heterocycles. The first-order chi connectivity index (χ1) is 28.5. The van der Waals surface area contributed by atoms with Crippen LogP contribution in [0.2, 0.25) is 0 Å². The van der Waals surface area contributed by atoms with Crippen LogP contribution in [0.4, 0.5) is 35.1 Å². The minimum absolute atomic E-state index is 0.318. The van der Waals surface area contributed by atoms with E-state index in [0.29, 0.717) is 54.7 Å². The van der Waals surface area contributed by atoms with Crippen LogP contribution >= 0.6 is 0 Å². The number of benzene rings is 8. The maximum absolute atomic E-state index is 16.2. The van der Waals surface area contributed by atoms with Gasteiger partial charge in [-0.05, 0) is 58.7 Å². The first-order valence-corrected chi connectivity index (χ1v) is 18.5. The number of hydrogen-bond donors (Lipinski definition) is 0. The molecule has 0 radical (unpaired) electrons.